The average Bonchev–Trinajstić information content (AvgIpc) is 2.04. The van der Waals surface area contributed by atoms with E-state index in [0.717, 1.165) is 12.8 Å². The molecule has 1 aliphatic carbocycles. The Balaban J connectivity index is 2.17. The Labute approximate surface area is 80.3 Å². The molecule has 0 aromatic carbocycles. The molecule has 3 heteroatoms. The fourth-order valence-electron chi connectivity index (χ4n) is 1.83. The van der Waals surface area contributed by atoms with Gasteiger partial charge >= 0.3 is 0 Å². The lowest BCUT2D eigenvalue weighted by Crippen LogP contribution is -2.46. The molecule has 1 unspecified atom stereocenters. The summed E-state index contributed by atoms with van der Waals surface area (Å²) >= 11 is 0. The van der Waals surface area contributed by atoms with Crippen LogP contribution in [0.3, 0.4) is 0 Å². The molecular formula is C10H21NO2. The smallest absolute Gasteiger partial charge is 0.0745 e. The van der Waals surface area contributed by atoms with Gasteiger partial charge in [-0.15, -0.1) is 0 Å². The van der Waals surface area contributed by atoms with Crippen LogP contribution in [0.15, 0.2) is 0 Å². The Hall–Kier alpha value is -0.120. The Morgan fingerprint density at radius 1 is 1.38 bits per heavy atom. The summed E-state index contributed by atoms with van der Waals surface area (Å²) in [7, 11) is 0. The van der Waals surface area contributed by atoms with Crippen LogP contribution in [-0.2, 0) is 4.74 Å². The first-order valence-electron chi connectivity index (χ1n) is 5.17. The zero-order chi connectivity index (χ0) is 9.73. The molecule has 0 radical (unpaired) electrons. The van der Waals surface area contributed by atoms with Gasteiger partial charge in [0.25, 0.3) is 0 Å². The lowest BCUT2D eigenvalue weighted by Gasteiger charge is -2.33. The van der Waals surface area contributed by atoms with E-state index in [-0.39, 0.29) is 11.6 Å². The number of aliphatic hydroxyl groups excluding tert-OH is 1. The van der Waals surface area contributed by atoms with Gasteiger partial charge in [-0.05, 0) is 19.8 Å². The second kappa shape index (κ2) is 4.94. The van der Waals surface area contributed by atoms with Crippen molar-refractivity contribution in [2.24, 2.45) is 5.73 Å². The van der Waals surface area contributed by atoms with Gasteiger partial charge in [-0.2, -0.15) is 0 Å². The van der Waals surface area contributed by atoms with Crippen LogP contribution in [0, 0.1) is 0 Å². The van der Waals surface area contributed by atoms with Crippen LogP contribution < -0.4 is 5.73 Å². The minimum absolute atomic E-state index is 0.118. The van der Waals surface area contributed by atoms with Crippen LogP contribution in [0.2, 0.25) is 0 Å². The molecule has 0 bridgehead atoms. The van der Waals surface area contributed by atoms with E-state index >= 15 is 0 Å². The molecule has 0 saturated heterocycles. The Morgan fingerprint density at radius 2 is 2.00 bits per heavy atom. The summed E-state index contributed by atoms with van der Waals surface area (Å²) in [6.07, 6.45) is 5.48. The average molecular weight is 187 g/mol. The van der Waals surface area contributed by atoms with Gasteiger partial charge < -0.3 is 15.6 Å². The van der Waals surface area contributed by atoms with Crippen molar-refractivity contribution in [1.82, 2.24) is 0 Å². The van der Waals surface area contributed by atoms with Gasteiger partial charge in [-0.3, -0.25) is 0 Å². The van der Waals surface area contributed by atoms with Crippen molar-refractivity contribution in [3.8, 4) is 0 Å². The summed E-state index contributed by atoms with van der Waals surface area (Å²) in [5.74, 6) is 0. The number of rotatable bonds is 4. The first-order chi connectivity index (χ1) is 6.12. The van der Waals surface area contributed by atoms with Crippen molar-refractivity contribution in [3.05, 3.63) is 0 Å². The van der Waals surface area contributed by atoms with Crippen molar-refractivity contribution in [2.75, 3.05) is 13.2 Å². The molecule has 1 atom stereocenters. The Bertz CT molecular complexity index is 142. The van der Waals surface area contributed by atoms with Gasteiger partial charge in [0, 0.05) is 5.54 Å². The molecule has 78 valence electrons. The van der Waals surface area contributed by atoms with Crippen LogP contribution in [0.4, 0.5) is 0 Å². The summed E-state index contributed by atoms with van der Waals surface area (Å²) < 4.78 is 5.36. The highest BCUT2D eigenvalue weighted by molar-refractivity contribution is 4.86. The largest absolute Gasteiger partial charge is 0.391 e. The third-order valence-corrected chi connectivity index (χ3v) is 2.60. The lowest BCUT2D eigenvalue weighted by atomic mass is 9.83. The van der Waals surface area contributed by atoms with Gasteiger partial charge in [-0.25, -0.2) is 0 Å². The third-order valence-electron chi connectivity index (χ3n) is 2.60. The van der Waals surface area contributed by atoms with E-state index in [1.54, 1.807) is 6.92 Å². The van der Waals surface area contributed by atoms with Crippen LogP contribution in [0.1, 0.15) is 39.0 Å². The molecule has 0 heterocycles. The quantitative estimate of drug-likeness (QED) is 0.691. The highest BCUT2D eigenvalue weighted by atomic mass is 16.5. The van der Waals surface area contributed by atoms with Crippen LogP contribution in [-0.4, -0.2) is 30.0 Å². The SMILES string of the molecule is CC(O)COCC1(N)CCCCC1. The molecule has 1 saturated carbocycles. The fourth-order valence-corrected chi connectivity index (χ4v) is 1.83. The third kappa shape index (κ3) is 4.07. The molecule has 3 nitrogen and oxygen atoms in total. The van der Waals surface area contributed by atoms with Gasteiger partial charge in [0.2, 0.25) is 0 Å². The molecule has 0 spiro atoms. The van der Waals surface area contributed by atoms with Crippen LogP contribution in [0.25, 0.3) is 0 Å². The predicted molar refractivity (Wildman–Crippen MR) is 52.5 cm³/mol. The van der Waals surface area contributed by atoms with E-state index in [0.29, 0.717) is 13.2 Å². The summed E-state index contributed by atoms with van der Waals surface area (Å²) in [5.41, 5.74) is 6.02. The molecule has 0 aromatic rings. The van der Waals surface area contributed by atoms with E-state index in [1.165, 1.54) is 19.3 Å². The standard InChI is InChI=1S/C10H21NO2/c1-9(12)7-13-8-10(11)5-3-2-4-6-10/h9,12H,2-8,11H2,1H3. The molecule has 1 aliphatic rings. The minimum atomic E-state index is -0.382. The van der Waals surface area contributed by atoms with E-state index in [1.807, 2.05) is 0 Å². The molecule has 3 N–H and O–H groups in total. The molecule has 0 amide bonds. The van der Waals surface area contributed by atoms with Gasteiger partial charge in [0.05, 0.1) is 19.3 Å². The monoisotopic (exact) mass is 187 g/mol. The molecule has 1 rings (SSSR count). The zero-order valence-electron chi connectivity index (χ0n) is 8.46. The zero-order valence-corrected chi connectivity index (χ0v) is 8.46. The Morgan fingerprint density at radius 3 is 2.54 bits per heavy atom. The van der Waals surface area contributed by atoms with Crippen molar-refractivity contribution in [1.29, 1.82) is 0 Å². The van der Waals surface area contributed by atoms with Crippen molar-refractivity contribution < 1.29 is 9.84 Å². The highest BCUT2D eigenvalue weighted by Crippen LogP contribution is 2.25. The fraction of sp³-hybridized carbons (Fsp3) is 1.00. The Kier molecular flexibility index (Phi) is 4.16. The summed E-state index contributed by atoms with van der Waals surface area (Å²) in [6, 6.07) is 0. The lowest BCUT2D eigenvalue weighted by molar-refractivity contribution is 0.0141. The first kappa shape index (κ1) is 11.0. The first-order valence-corrected chi connectivity index (χ1v) is 5.17. The second-order valence-corrected chi connectivity index (χ2v) is 4.29. The second-order valence-electron chi connectivity index (χ2n) is 4.29. The van der Waals surface area contributed by atoms with Crippen molar-refractivity contribution >= 4 is 0 Å². The normalized spacial score (nSPS) is 24.2. The number of nitrogens with two attached hydrogens (primary N) is 1. The summed E-state index contributed by atoms with van der Waals surface area (Å²) in [5, 5.41) is 9.00. The number of hydrogen-bond acceptors (Lipinski definition) is 3. The van der Waals surface area contributed by atoms with Crippen LogP contribution >= 0.6 is 0 Å². The number of ether oxygens (including phenoxy) is 1. The van der Waals surface area contributed by atoms with Gasteiger partial charge in [-0.1, -0.05) is 19.3 Å². The number of aliphatic hydroxyl groups is 1. The predicted octanol–water partition coefficient (Wildman–Crippen LogP) is 1.05. The van der Waals surface area contributed by atoms with Crippen molar-refractivity contribution in [3.63, 3.8) is 0 Å². The molecule has 0 aromatic heterocycles. The molecule has 0 aliphatic heterocycles. The topological polar surface area (TPSA) is 55.5 Å². The van der Waals surface area contributed by atoms with E-state index in [9.17, 15) is 0 Å². The maximum Gasteiger partial charge on any atom is 0.0745 e. The summed E-state index contributed by atoms with van der Waals surface area (Å²) in [4.78, 5) is 0. The van der Waals surface area contributed by atoms with Gasteiger partial charge in [0.1, 0.15) is 0 Å². The molecule has 1 fully saturated rings. The summed E-state index contributed by atoms with van der Waals surface area (Å²) in [6.45, 7) is 2.72. The van der Waals surface area contributed by atoms with E-state index in [2.05, 4.69) is 0 Å². The number of hydrogen-bond donors (Lipinski definition) is 2. The van der Waals surface area contributed by atoms with Crippen LogP contribution in [0.5, 0.6) is 0 Å². The van der Waals surface area contributed by atoms with E-state index in [4.69, 9.17) is 15.6 Å². The maximum atomic E-state index is 9.00. The van der Waals surface area contributed by atoms with Gasteiger partial charge in [0.15, 0.2) is 0 Å². The highest BCUT2D eigenvalue weighted by Gasteiger charge is 2.27. The van der Waals surface area contributed by atoms with E-state index < -0.39 is 0 Å². The molecular weight excluding hydrogens is 166 g/mol. The molecule has 13 heavy (non-hydrogen) atoms. The minimum Gasteiger partial charge on any atom is -0.391 e. The maximum absolute atomic E-state index is 9.00. The van der Waals surface area contributed by atoms with Crippen molar-refractivity contribution in [2.45, 2.75) is 50.7 Å².